The van der Waals surface area contributed by atoms with E-state index in [4.69, 9.17) is 0 Å². The molecular weight excluding hydrogens is 479 g/mol. The van der Waals surface area contributed by atoms with E-state index in [9.17, 15) is 12.8 Å². The predicted molar refractivity (Wildman–Crippen MR) is 147 cm³/mol. The van der Waals surface area contributed by atoms with Gasteiger partial charge in [0.15, 0.2) is 0 Å². The second-order valence-electron chi connectivity index (χ2n) is 9.75. The maximum absolute atomic E-state index is 13.0. The Morgan fingerprint density at radius 2 is 1.66 bits per heavy atom. The van der Waals surface area contributed by atoms with Gasteiger partial charge < -0.3 is 0 Å². The quantitative estimate of drug-likeness (QED) is 0.252. The molecule has 0 spiro atoms. The van der Waals surface area contributed by atoms with Crippen LogP contribution in [0.1, 0.15) is 56.7 Å². The second kappa shape index (κ2) is 13.6. The Bertz CT molecular complexity index is 1050. The van der Waals surface area contributed by atoms with E-state index in [1.807, 2.05) is 12.1 Å². The van der Waals surface area contributed by atoms with E-state index in [1.165, 1.54) is 28.8 Å². The summed E-state index contributed by atoms with van der Waals surface area (Å²) in [5, 5.41) is -0.391. The van der Waals surface area contributed by atoms with Crippen LogP contribution >= 0.6 is 11.9 Å². The number of aryl methyl sites for hydroxylation is 1. The van der Waals surface area contributed by atoms with Crippen LogP contribution in [-0.4, -0.2) is 32.5 Å². The van der Waals surface area contributed by atoms with Crippen molar-refractivity contribution in [3.63, 3.8) is 0 Å². The largest absolute Gasteiger partial charge is 0.264 e. The van der Waals surface area contributed by atoms with Crippen LogP contribution in [0.3, 0.4) is 0 Å². The van der Waals surface area contributed by atoms with Crippen molar-refractivity contribution in [2.75, 3.05) is 18.8 Å². The summed E-state index contributed by atoms with van der Waals surface area (Å²) in [6.07, 6.45) is 7.38. The van der Waals surface area contributed by atoms with E-state index in [1.54, 1.807) is 25.8 Å². The molecule has 2 N–H and O–H groups in total. The van der Waals surface area contributed by atoms with Crippen LogP contribution in [0.25, 0.3) is 5.57 Å². The fourth-order valence-electron chi connectivity index (χ4n) is 4.26. The van der Waals surface area contributed by atoms with Crippen molar-refractivity contribution >= 4 is 27.5 Å². The number of nitrogens with one attached hydrogen (secondary N) is 2. The Morgan fingerprint density at radius 1 is 1.00 bits per heavy atom. The number of sulfonamides is 1. The van der Waals surface area contributed by atoms with Gasteiger partial charge in [-0.3, -0.25) is 4.72 Å². The Balaban J connectivity index is 1.36. The van der Waals surface area contributed by atoms with E-state index in [0.717, 1.165) is 50.0 Å². The number of benzene rings is 2. The van der Waals surface area contributed by atoms with Gasteiger partial charge in [-0.2, -0.15) is 0 Å². The van der Waals surface area contributed by atoms with Crippen LogP contribution in [0.5, 0.6) is 0 Å². The van der Waals surface area contributed by atoms with Crippen LogP contribution in [0.15, 0.2) is 54.6 Å². The normalized spacial score (nSPS) is 17.4. The van der Waals surface area contributed by atoms with E-state index in [2.05, 4.69) is 46.7 Å². The summed E-state index contributed by atoms with van der Waals surface area (Å²) in [5.41, 5.74) is 5.17. The highest BCUT2D eigenvalue weighted by atomic mass is 32.2. The van der Waals surface area contributed by atoms with Gasteiger partial charge in [-0.25, -0.2) is 17.5 Å². The van der Waals surface area contributed by atoms with Gasteiger partial charge in [-0.1, -0.05) is 61.3 Å². The first-order valence-corrected chi connectivity index (χ1v) is 15.1. The molecule has 0 heterocycles. The summed E-state index contributed by atoms with van der Waals surface area (Å²) in [7, 11) is -3.20. The number of allylic oxidation sites excluding steroid dienone is 2. The Morgan fingerprint density at radius 3 is 2.29 bits per heavy atom. The second-order valence-corrected chi connectivity index (χ2v) is 13.1. The van der Waals surface area contributed by atoms with Crippen LogP contribution in [-0.2, 0) is 22.9 Å². The van der Waals surface area contributed by atoms with E-state index in [-0.39, 0.29) is 5.82 Å². The highest BCUT2D eigenvalue weighted by molar-refractivity contribution is 7.97. The van der Waals surface area contributed by atoms with E-state index < -0.39 is 15.3 Å². The molecule has 1 aliphatic carbocycles. The van der Waals surface area contributed by atoms with Gasteiger partial charge >= 0.3 is 0 Å². The van der Waals surface area contributed by atoms with Gasteiger partial charge in [-0.05, 0) is 92.2 Å². The third-order valence-electron chi connectivity index (χ3n) is 6.83. The Hall–Kier alpha value is -1.67. The molecule has 0 fully saturated rings. The van der Waals surface area contributed by atoms with Crippen LogP contribution in [0.2, 0.25) is 0 Å². The predicted octanol–water partition coefficient (Wildman–Crippen LogP) is 6.00. The lowest BCUT2D eigenvalue weighted by Crippen LogP contribution is -2.36. The number of hydrogen-bond donors (Lipinski definition) is 2. The van der Waals surface area contributed by atoms with Crippen LogP contribution in [0.4, 0.5) is 4.39 Å². The molecule has 0 radical (unpaired) electrons. The SMILES string of the molecule is CC(CNS(=O)(=O)C(C)C)C1CC=C(c2ccc(CCNSCCc3ccc(F)cc3)cc2)CC1. The summed E-state index contributed by atoms with van der Waals surface area (Å²) in [4.78, 5) is 0. The summed E-state index contributed by atoms with van der Waals surface area (Å²) in [5.74, 6) is 1.61. The van der Waals surface area contributed by atoms with Gasteiger partial charge in [0.25, 0.3) is 0 Å². The zero-order chi connectivity index (χ0) is 25.3. The molecule has 7 heteroatoms. The third kappa shape index (κ3) is 9.05. The smallest absolute Gasteiger partial charge is 0.213 e. The zero-order valence-corrected chi connectivity index (χ0v) is 22.7. The van der Waals surface area contributed by atoms with Gasteiger partial charge in [0.05, 0.1) is 5.25 Å². The maximum atomic E-state index is 13.0. The minimum absolute atomic E-state index is 0.186. The molecule has 2 aromatic carbocycles. The monoisotopic (exact) mass is 518 g/mol. The molecule has 2 unspecified atom stereocenters. The molecule has 192 valence electrons. The van der Waals surface area contributed by atoms with E-state index >= 15 is 0 Å². The summed E-state index contributed by atoms with van der Waals surface area (Å²) in [6.45, 7) is 7.00. The van der Waals surface area contributed by atoms with Gasteiger partial charge in [0.1, 0.15) is 5.82 Å². The van der Waals surface area contributed by atoms with Crippen molar-refractivity contribution in [2.24, 2.45) is 11.8 Å². The average molecular weight is 519 g/mol. The fraction of sp³-hybridized carbons (Fsp3) is 0.500. The lowest BCUT2D eigenvalue weighted by Gasteiger charge is -2.28. The minimum Gasteiger partial charge on any atom is -0.264 e. The molecule has 3 rings (SSSR count). The molecule has 2 atom stereocenters. The Kier molecular flexibility index (Phi) is 10.8. The van der Waals surface area contributed by atoms with Crippen LogP contribution in [0, 0.1) is 17.7 Å². The summed E-state index contributed by atoms with van der Waals surface area (Å²) < 4.78 is 43.2. The molecular formula is C28H39FN2O2S2. The number of rotatable bonds is 13. The molecule has 4 nitrogen and oxygen atoms in total. The van der Waals surface area contributed by atoms with Crippen molar-refractivity contribution in [2.45, 2.75) is 58.1 Å². The third-order valence-corrected chi connectivity index (χ3v) is 9.46. The topological polar surface area (TPSA) is 58.2 Å². The first-order valence-electron chi connectivity index (χ1n) is 12.6. The molecule has 0 aromatic heterocycles. The molecule has 0 aliphatic heterocycles. The van der Waals surface area contributed by atoms with Crippen LogP contribution < -0.4 is 9.44 Å². The fourth-order valence-corrected chi connectivity index (χ4v) is 5.82. The molecule has 0 amide bonds. The summed E-state index contributed by atoms with van der Waals surface area (Å²) >= 11 is 1.72. The first kappa shape index (κ1) is 27.9. The minimum atomic E-state index is -3.20. The first-order chi connectivity index (χ1) is 16.7. The standard InChI is InChI=1S/C28H39FN2O2S2/c1-21(2)35(32,33)31-20-22(3)25-10-12-27(13-11-25)26-8-4-23(5-9-26)16-18-30-34-19-17-24-6-14-28(29)15-7-24/h4-9,12,14-15,21-22,25,30-31H,10-11,13,16-20H2,1-3H3. The number of hydrogen-bond acceptors (Lipinski definition) is 4. The molecule has 0 saturated heterocycles. The van der Waals surface area contributed by atoms with Crippen molar-refractivity contribution in [3.05, 3.63) is 77.1 Å². The zero-order valence-electron chi connectivity index (χ0n) is 21.1. The van der Waals surface area contributed by atoms with Gasteiger partial charge in [0, 0.05) is 18.8 Å². The highest BCUT2D eigenvalue weighted by Gasteiger charge is 2.23. The molecule has 0 saturated carbocycles. The lowest BCUT2D eigenvalue weighted by molar-refractivity contribution is 0.334. The van der Waals surface area contributed by atoms with Crippen molar-refractivity contribution in [3.8, 4) is 0 Å². The van der Waals surface area contributed by atoms with Crippen molar-refractivity contribution in [1.82, 2.24) is 9.44 Å². The van der Waals surface area contributed by atoms with Gasteiger partial charge in [0.2, 0.25) is 10.0 Å². The maximum Gasteiger partial charge on any atom is 0.213 e. The lowest BCUT2D eigenvalue weighted by atomic mass is 9.80. The molecule has 1 aliphatic rings. The molecule has 2 aromatic rings. The van der Waals surface area contributed by atoms with E-state index in [0.29, 0.717) is 18.4 Å². The Labute approximate surface area is 215 Å². The van der Waals surface area contributed by atoms with Crippen molar-refractivity contribution in [1.29, 1.82) is 0 Å². The van der Waals surface area contributed by atoms with Crippen molar-refractivity contribution < 1.29 is 12.8 Å². The molecule has 35 heavy (non-hydrogen) atoms. The number of halogens is 1. The highest BCUT2D eigenvalue weighted by Crippen LogP contribution is 2.34. The van der Waals surface area contributed by atoms with Gasteiger partial charge in [-0.15, -0.1) is 0 Å². The molecule has 0 bridgehead atoms. The summed E-state index contributed by atoms with van der Waals surface area (Å²) in [6, 6.07) is 15.6. The average Bonchev–Trinajstić information content (AvgIpc) is 2.86.